The standard InChI is InChI=1S/C13H25N/c1-2-3-6-12-7-5-10-14(11-12)13-8-4-9-13/h12-13H,2-11H2,1H3. The second kappa shape index (κ2) is 5.16. The summed E-state index contributed by atoms with van der Waals surface area (Å²) >= 11 is 0. The van der Waals surface area contributed by atoms with Crippen molar-refractivity contribution in [1.29, 1.82) is 0 Å². The smallest absolute Gasteiger partial charge is 0.00953 e. The fraction of sp³-hybridized carbons (Fsp3) is 1.00. The zero-order chi connectivity index (χ0) is 9.80. The second-order valence-corrected chi connectivity index (χ2v) is 5.23. The van der Waals surface area contributed by atoms with Gasteiger partial charge in [-0.25, -0.2) is 0 Å². The van der Waals surface area contributed by atoms with Crippen molar-refractivity contribution in [2.75, 3.05) is 13.1 Å². The monoisotopic (exact) mass is 195 g/mol. The normalized spacial score (nSPS) is 30.2. The number of likely N-dealkylation sites (tertiary alicyclic amines) is 1. The van der Waals surface area contributed by atoms with E-state index in [1.807, 2.05) is 0 Å². The molecule has 0 aromatic heterocycles. The molecule has 0 radical (unpaired) electrons. The van der Waals surface area contributed by atoms with E-state index in [4.69, 9.17) is 0 Å². The molecule has 0 bridgehead atoms. The van der Waals surface area contributed by atoms with Crippen LogP contribution in [-0.4, -0.2) is 24.0 Å². The summed E-state index contributed by atoms with van der Waals surface area (Å²) in [6.45, 7) is 5.13. The molecule has 1 saturated carbocycles. The van der Waals surface area contributed by atoms with E-state index in [9.17, 15) is 0 Å². The Kier molecular flexibility index (Phi) is 3.86. The Labute approximate surface area is 88.9 Å². The average Bonchev–Trinajstić information content (AvgIpc) is 2.13. The van der Waals surface area contributed by atoms with Crippen LogP contribution in [0.4, 0.5) is 0 Å². The third-order valence-corrected chi connectivity index (χ3v) is 4.11. The maximum Gasteiger partial charge on any atom is 0.00953 e. The molecule has 1 atom stereocenters. The van der Waals surface area contributed by atoms with Gasteiger partial charge in [-0.3, -0.25) is 0 Å². The van der Waals surface area contributed by atoms with E-state index >= 15 is 0 Å². The summed E-state index contributed by atoms with van der Waals surface area (Å²) in [7, 11) is 0. The van der Waals surface area contributed by atoms with Crippen molar-refractivity contribution in [2.45, 2.75) is 64.3 Å². The molecule has 0 amide bonds. The van der Waals surface area contributed by atoms with Crippen LogP contribution in [0.25, 0.3) is 0 Å². The van der Waals surface area contributed by atoms with Crippen molar-refractivity contribution in [3.8, 4) is 0 Å². The van der Waals surface area contributed by atoms with Gasteiger partial charge in [-0.1, -0.05) is 26.2 Å². The van der Waals surface area contributed by atoms with E-state index in [1.54, 1.807) is 0 Å². The first kappa shape index (κ1) is 10.5. The fourth-order valence-corrected chi connectivity index (χ4v) is 2.91. The number of nitrogens with zero attached hydrogens (tertiary/aromatic N) is 1. The lowest BCUT2D eigenvalue weighted by Gasteiger charge is -2.42. The van der Waals surface area contributed by atoms with Gasteiger partial charge < -0.3 is 4.90 Å². The van der Waals surface area contributed by atoms with Crippen LogP contribution in [0, 0.1) is 5.92 Å². The molecule has 82 valence electrons. The molecule has 1 nitrogen and oxygen atoms in total. The SMILES string of the molecule is CCCCC1CCCN(C2CCC2)C1. The van der Waals surface area contributed by atoms with Crippen LogP contribution in [0.1, 0.15) is 58.3 Å². The van der Waals surface area contributed by atoms with Crippen molar-refractivity contribution in [3.63, 3.8) is 0 Å². The van der Waals surface area contributed by atoms with Gasteiger partial charge in [0.25, 0.3) is 0 Å². The summed E-state index contributed by atoms with van der Waals surface area (Å²) in [5, 5.41) is 0. The largest absolute Gasteiger partial charge is 0.300 e. The van der Waals surface area contributed by atoms with Gasteiger partial charge in [0.2, 0.25) is 0 Å². The number of piperidine rings is 1. The zero-order valence-corrected chi connectivity index (χ0v) is 9.67. The third-order valence-electron chi connectivity index (χ3n) is 4.11. The molecule has 1 aliphatic heterocycles. The molecule has 2 rings (SSSR count). The molecule has 1 unspecified atom stereocenters. The van der Waals surface area contributed by atoms with Crippen LogP contribution in [0.15, 0.2) is 0 Å². The average molecular weight is 195 g/mol. The number of hydrogen-bond donors (Lipinski definition) is 0. The summed E-state index contributed by atoms with van der Waals surface area (Å²) in [6, 6.07) is 0.986. The van der Waals surface area contributed by atoms with Crippen molar-refractivity contribution >= 4 is 0 Å². The molecule has 2 aliphatic rings. The van der Waals surface area contributed by atoms with Crippen molar-refractivity contribution in [2.24, 2.45) is 5.92 Å². The molecule has 1 heteroatoms. The summed E-state index contributed by atoms with van der Waals surface area (Å²) < 4.78 is 0. The molecule has 0 N–H and O–H groups in total. The number of unbranched alkanes of at least 4 members (excludes halogenated alkanes) is 1. The Bertz CT molecular complexity index is 163. The van der Waals surface area contributed by atoms with Crippen LogP contribution >= 0.6 is 0 Å². The second-order valence-electron chi connectivity index (χ2n) is 5.23. The Hall–Kier alpha value is -0.0400. The van der Waals surface area contributed by atoms with E-state index in [-0.39, 0.29) is 0 Å². The molecule has 1 saturated heterocycles. The topological polar surface area (TPSA) is 3.24 Å². The van der Waals surface area contributed by atoms with Crippen LogP contribution in [-0.2, 0) is 0 Å². The summed E-state index contributed by atoms with van der Waals surface area (Å²) in [4.78, 5) is 2.79. The summed E-state index contributed by atoms with van der Waals surface area (Å²) in [6.07, 6.45) is 11.7. The minimum absolute atomic E-state index is 0.986. The molecule has 1 aliphatic carbocycles. The highest BCUT2D eigenvalue weighted by Gasteiger charge is 2.28. The van der Waals surface area contributed by atoms with Crippen LogP contribution in [0.3, 0.4) is 0 Å². The van der Waals surface area contributed by atoms with Gasteiger partial charge in [-0.05, 0) is 44.6 Å². The minimum Gasteiger partial charge on any atom is -0.300 e. The Balaban J connectivity index is 1.72. The van der Waals surface area contributed by atoms with E-state index in [0.29, 0.717) is 0 Å². The van der Waals surface area contributed by atoms with Gasteiger partial charge in [0.1, 0.15) is 0 Å². The Morgan fingerprint density at radius 2 is 2.00 bits per heavy atom. The molecule has 0 spiro atoms. The lowest BCUT2D eigenvalue weighted by Crippen LogP contribution is -2.45. The third kappa shape index (κ3) is 2.50. The molecule has 0 aromatic rings. The van der Waals surface area contributed by atoms with Gasteiger partial charge >= 0.3 is 0 Å². The minimum atomic E-state index is 0.986. The van der Waals surface area contributed by atoms with Gasteiger partial charge in [0.05, 0.1) is 0 Å². The highest BCUT2D eigenvalue weighted by atomic mass is 15.2. The Morgan fingerprint density at radius 1 is 1.14 bits per heavy atom. The van der Waals surface area contributed by atoms with Crippen LogP contribution in [0.5, 0.6) is 0 Å². The van der Waals surface area contributed by atoms with Gasteiger partial charge in [-0.2, -0.15) is 0 Å². The van der Waals surface area contributed by atoms with Crippen molar-refractivity contribution in [1.82, 2.24) is 4.90 Å². The van der Waals surface area contributed by atoms with Crippen molar-refractivity contribution in [3.05, 3.63) is 0 Å². The molecule has 0 aromatic carbocycles. The first-order chi connectivity index (χ1) is 6.90. The lowest BCUT2D eigenvalue weighted by molar-refractivity contribution is 0.0738. The zero-order valence-electron chi connectivity index (χ0n) is 9.67. The summed E-state index contributed by atoms with van der Waals surface area (Å²) in [5.74, 6) is 1.03. The van der Waals surface area contributed by atoms with Gasteiger partial charge in [0.15, 0.2) is 0 Å². The van der Waals surface area contributed by atoms with Gasteiger partial charge in [-0.15, -0.1) is 0 Å². The first-order valence-electron chi connectivity index (χ1n) is 6.64. The van der Waals surface area contributed by atoms with E-state index in [1.165, 1.54) is 64.5 Å². The fourth-order valence-electron chi connectivity index (χ4n) is 2.91. The van der Waals surface area contributed by atoms with Crippen molar-refractivity contribution < 1.29 is 0 Å². The molecule has 14 heavy (non-hydrogen) atoms. The molecular weight excluding hydrogens is 170 g/mol. The summed E-state index contributed by atoms with van der Waals surface area (Å²) in [5.41, 5.74) is 0. The van der Waals surface area contributed by atoms with Gasteiger partial charge in [0, 0.05) is 12.6 Å². The lowest BCUT2D eigenvalue weighted by atomic mass is 9.86. The predicted octanol–water partition coefficient (Wildman–Crippen LogP) is 3.44. The van der Waals surface area contributed by atoms with Crippen LogP contribution < -0.4 is 0 Å². The number of hydrogen-bond acceptors (Lipinski definition) is 1. The van der Waals surface area contributed by atoms with E-state index in [2.05, 4.69) is 11.8 Å². The predicted molar refractivity (Wildman–Crippen MR) is 61.5 cm³/mol. The van der Waals surface area contributed by atoms with E-state index < -0.39 is 0 Å². The highest BCUT2D eigenvalue weighted by Crippen LogP contribution is 2.30. The maximum absolute atomic E-state index is 2.79. The quantitative estimate of drug-likeness (QED) is 0.664. The molecular formula is C13H25N. The number of rotatable bonds is 4. The first-order valence-corrected chi connectivity index (χ1v) is 6.64. The van der Waals surface area contributed by atoms with Crippen LogP contribution in [0.2, 0.25) is 0 Å². The van der Waals surface area contributed by atoms with E-state index in [0.717, 1.165) is 12.0 Å². The molecule has 2 fully saturated rings. The maximum atomic E-state index is 2.79. The highest BCUT2D eigenvalue weighted by molar-refractivity contribution is 4.84. The molecule has 1 heterocycles. The Morgan fingerprint density at radius 3 is 2.64 bits per heavy atom.